The fourth-order valence-electron chi connectivity index (χ4n) is 3.83. The number of nitrogens with zero attached hydrogens (tertiary/aromatic N) is 1. The number of hydrazine groups is 1. The molecule has 1 atom stereocenters. The smallest absolute Gasteiger partial charge is 0.0392 e. The predicted molar refractivity (Wildman–Crippen MR) is 77.2 cm³/mol. The lowest BCUT2D eigenvalue weighted by Gasteiger charge is -2.46. The van der Waals surface area contributed by atoms with Crippen molar-refractivity contribution in [3.63, 3.8) is 0 Å². The van der Waals surface area contributed by atoms with Crippen LogP contribution in [-0.4, -0.2) is 29.6 Å². The van der Waals surface area contributed by atoms with Crippen molar-refractivity contribution >= 4 is 0 Å². The predicted octanol–water partition coefficient (Wildman–Crippen LogP) is 2.66. The van der Waals surface area contributed by atoms with Crippen LogP contribution in [0.15, 0.2) is 0 Å². The summed E-state index contributed by atoms with van der Waals surface area (Å²) in [4.78, 5) is 2.65. The molecule has 3 heteroatoms. The van der Waals surface area contributed by atoms with E-state index in [1.165, 1.54) is 64.5 Å². The van der Waals surface area contributed by atoms with E-state index in [-0.39, 0.29) is 5.54 Å². The van der Waals surface area contributed by atoms with Gasteiger partial charge in [-0.2, -0.15) is 0 Å². The Bertz CT molecular complexity index is 240. The molecule has 3 nitrogen and oxygen atoms in total. The van der Waals surface area contributed by atoms with E-state index in [9.17, 15) is 0 Å². The fraction of sp³-hybridized carbons (Fsp3) is 1.00. The molecule has 0 radical (unpaired) electrons. The zero-order valence-corrected chi connectivity index (χ0v) is 12.3. The summed E-state index contributed by atoms with van der Waals surface area (Å²) in [5.74, 6) is 6.77. The molecule has 106 valence electrons. The molecule has 0 bridgehead atoms. The third-order valence-corrected chi connectivity index (χ3v) is 5.27. The summed E-state index contributed by atoms with van der Waals surface area (Å²) in [6.45, 7) is 7.24. The molecule has 3 N–H and O–H groups in total. The lowest BCUT2D eigenvalue weighted by molar-refractivity contribution is 0.0527. The molecule has 2 aliphatic rings. The maximum absolute atomic E-state index is 5.87. The third kappa shape index (κ3) is 3.25. The van der Waals surface area contributed by atoms with E-state index in [1.54, 1.807) is 0 Å². The van der Waals surface area contributed by atoms with Gasteiger partial charge in [-0.25, -0.2) is 0 Å². The molecule has 1 heterocycles. The normalized spacial score (nSPS) is 25.5. The first-order valence-electron chi connectivity index (χ1n) is 7.86. The van der Waals surface area contributed by atoms with Crippen LogP contribution >= 0.6 is 0 Å². The zero-order valence-electron chi connectivity index (χ0n) is 12.3. The van der Waals surface area contributed by atoms with Crippen LogP contribution in [0.25, 0.3) is 0 Å². The van der Waals surface area contributed by atoms with Crippen LogP contribution in [0.2, 0.25) is 0 Å². The summed E-state index contributed by atoms with van der Waals surface area (Å²) in [5, 5.41) is 0. The number of piperidine rings is 1. The summed E-state index contributed by atoms with van der Waals surface area (Å²) < 4.78 is 0. The van der Waals surface area contributed by atoms with E-state index in [4.69, 9.17) is 5.84 Å². The van der Waals surface area contributed by atoms with Crippen LogP contribution in [0.1, 0.15) is 65.2 Å². The first kappa shape index (κ1) is 14.3. The highest BCUT2D eigenvalue weighted by molar-refractivity contribution is 4.95. The highest BCUT2D eigenvalue weighted by atomic mass is 15.3. The van der Waals surface area contributed by atoms with Crippen molar-refractivity contribution in [3.8, 4) is 0 Å². The average Bonchev–Trinajstić information content (AvgIpc) is 2.89. The summed E-state index contributed by atoms with van der Waals surface area (Å²) in [6, 6.07) is 0.429. The molecule has 1 unspecified atom stereocenters. The van der Waals surface area contributed by atoms with Crippen molar-refractivity contribution in [1.29, 1.82) is 0 Å². The van der Waals surface area contributed by atoms with E-state index in [0.717, 1.165) is 5.92 Å². The number of nitrogens with one attached hydrogen (secondary N) is 1. The van der Waals surface area contributed by atoms with Crippen molar-refractivity contribution in [2.45, 2.75) is 76.8 Å². The maximum Gasteiger partial charge on any atom is 0.0392 e. The molecule has 2 rings (SSSR count). The van der Waals surface area contributed by atoms with Gasteiger partial charge in [-0.3, -0.25) is 16.2 Å². The number of likely N-dealkylation sites (tertiary alicyclic amines) is 1. The second kappa shape index (κ2) is 6.36. The SMILES string of the molecule is CC(C)(C(CC1CCCC1)NN)N1CCCCC1. The molecular formula is C15H31N3. The van der Waals surface area contributed by atoms with Gasteiger partial charge in [0.05, 0.1) is 0 Å². The Morgan fingerprint density at radius 2 is 1.72 bits per heavy atom. The molecule has 1 aliphatic carbocycles. The second-order valence-electron chi connectivity index (χ2n) is 6.81. The highest BCUT2D eigenvalue weighted by Crippen LogP contribution is 2.33. The average molecular weight is 253 g/mol. The van der Waals surface area contributed by atoms with Crippen molar-refractivity contribution in [2.75, 3.05) is 13.1 Å². The van der Waals surface area contributed by atoms with Crippen molar-refractivity contribution in [1.82, 2.24) is 10.3 Å². The minimum absolute atomic E-state index is 0.192. The number of nitrogens with two attached hydrogens (primary N) is 1. The second-order valence-corrected chi connectivity index (χ2v) is 6.81. The van der Waals surface area contributed by atoms with Crippen LogP contribution in [0.4, 0.5) is 0 Å². The van der Waals surface area contributed by atoms with Crippen LogP contribution in [0, 0.1) is 5.92 Å². The summed E-state index contributed by atoms with van der Waals surface area (Å²) in [5.41, 5.74) is 3.32. The topological polar surface area (TPSA) is 41.3 Å². The van der Waals surface area contributed by atoms with E-state index >= 15 is 0 Å². The number of rotatable bonds is 5. The van der Waals surface area contributed by atoms with Gasteiger partial charge in [0, 0.05) is 11.6 Å². The molecule has 0 aromatic rings. The molecule has 0 amide bonds. The first-order valence-corrected chi connectivity index (χ1v) is 7.86. The Labute approximate surface area is 112 Å². The van der Waals surface area contributed by atoms with Gasteiger partial charge < -0.3 is 0 Å². The zero-order chi connectivity index (χ0) is 13.0. The van der Waals surface area contributed by atoms with Gasteiger partial charge in [0.25, 0.3) is 0 Å². The Balaban J connectivity index is 1.94. The lowest BCUT2D eigenvalue weighted by Crippen LogP contribution is -2.60. The van der Waals surface area contributed by atoms with Gasteiger partial charge in [-0.15, -0.1) is 0 Å². The molecule has 18 heavy (non-hydrogen) atoms. The number of hydrogen-bond donors (Lipinski definition) is 2. The Morgan fingerprint density at radius 3 is 2.28 bits per heavy atom. The third-order valence-electron chi connectivity index (χ3n) is 5.27. The summed E-state index contributed by atoms with van der Waals surface area (Å²) >= 11 is 0. The van der Waals surface area contributed by atoms with E-state index < -0.39 is 0 Å². The number of hydrogen-bond acceptors (Lipinski definition) is 3. The standard InChI is InChI=1S/C15H31N3/c1-15(2,18-10-6-3-7-11-18)14(17-16)12-13-8-4-5-9-13/h13-14,17H,3-12,16H2,1-2H3. The molecule has 0 spiro atoms. The minimum atomic E-state index is 0.192. The van der Waals surface area contributed by atoms with Crippen LogP contribution in [0.3, 0.4) is 0 Å². The van der Waals surface area contributed by atoms with Crippen LogP contribution in [0.5, 0.6) is 0 Å². The molecule has 0 aromatic heterocycles. The van der Waals surface area contributed by atoms with Crippen LogP contribution < -0.4 is 11.3 Å². The Hall–Kier alpha value is -0.120. The molecule has 2 fully saturated rings. The van der Waals surface area contributed by atoms with E-state index in [0.29, 0.717) is 6.04 Å². The molecule has 1 saturated carbocycles. The molecule has 0 aromatic carbocycles. The van der Waals surface area contributed by atoms with Gasteiger partial charge in [-0.05, 0) is 52.1 Å². The van der Waals surface area contributed by atoms with Crippen molar-refractivity contribution < 1.29 is 0 Å². The first-order chi connectivity index (χ1) is 8.64. The quantitative estimate of drug-likeness (QED) is 0.584. The molecular weight excluding hydrogens is 222 g/mol. The molecule has 1 saturated heterocycles. The fourth-order valence-corrected chi connectivity index (χ4v) is 3.83. The van der Waals surface area contributed by atoms with E-state index in [1.807, 2.05) is 0 Å². The molecule has 1 aliphatic heterocycles. The Kier molecular flexibility index (Phi) is 5.05. The minimum Gasteiger partial charge on any atom is -0.297 e. The van der Waals surface area contributed by atoms with E-state index in [2.05, 4.69) is 24.2 Å². The highest BCUT2D eigenvalue weighted by Gasteiger charge is 2.36. The van der Waals surface area contributed by atoms with Gasteiger partial charge in [0.15, 0.2) is 0 Å². The monoisotopic (exact) mass is 253 g/mol. The van der Waals surface area contributed by atoms with Crippen molar-refractivity contribution in [3.05, 3.63) is 0 Å². The Morgan fingerprint density at radius 1 is 1.11 bits per heavy atom. The summed E-state index contributed by atoms with van der Waals surface area (Å²) in [7, 11) is 0. The largest absolute Gasteiger partial charge is 0.297 e. The van der Waals surface area contributed by atoms with Crippen molar-refractivity contribution in [2.24, 2.45) is 11.8 Å². The van der Waals surface area contributed by atoms with Gasteiger partial charge in [0.2, 0.25) is 0 Å². The maximum atomic E-state index is 5.87. The summed E-state index contributed by atoms with van der Waals surface area (Å²) in [6.07, 6.45) is 11.0. The van der Waals surface area contributed by atoms with Crippen LogP contribution in [-0.2, 0) is 0 Å². The lowest BCUT2D eigenvalue weighted by atomic mass is 9.84. The van der Waals surface area contributed by atoms with Gasteiger partial charge in [-0.1, -0.05) is 32.1 Å². The van der Waals surface area contributed by atoms with Gasteiger partial charge in [0.1, 0.15) is 0 Å². The van der Waals surface area contributed by atoms with Gasteiger partial charge >= 0.3 is 0 Å².